The van der Waals surface area contributed by atoms with Gasteiger partial charge in [-0.2, -0.15) is 0 Å². The number of nitrogens with zero attached hydrogens (tertiary/aromatic N) is 2. The van der Waals surface area contributed by atoms with Crippen LogP contribution in [-0.2, 0) is 26.2 Å². The van der Waals surface area contributed by atoms with Crippen LogP contribution >= 0.6 is 0 Å². The molecule has 0 saturated carbocycles. The molecule has 0 fully saturated rings. The van der Waals surface area contributed by atoms with Crippen LogP contribution in [0.15, 0.2) is 54.6 Å². The monoisotopic (exact) mass is 503 g/mol. The molecule has 2 amide bonds. The third kappa shape index (κ3) is 8.90. The molecule has 2 rings (SSSR count). The molecule has 0 unspecified atom stereocenters. The summed E-state index contributed by atoms with van der Waals surface area (Å²) in [5, 5.41) is 2.93. The van der Waals surface area contributed by atoms with Crippen molar-refractivity contribution in [1.82, 2.24) is 10.2 Å². The highest BCUT2D eigenvalue weighted by atomic mass is 32.2. The van der Waals surface area contributed by atoms with Crippen molar-refractivity contribution in [1.29, 1.82) is 0 Å². The van der Waals surface area contributed by atoms with Gasteiger partial charge in [-0.05, 0) is 63.9 Å². The van der Waals surface area contributed by atoms with Crippen molar-refractivity contribution in [3.05, 3.63) is 60.2 Å². The quantitative estimate of drug-likeness (QED) is 0.506. The molecule has 0 spiro atoms. The van der Waals surface area contributed by atoms with E-state index in [1.165, 1.54) is 9.21 Å². The first-order chi connectivity index (χ1) is 16.3. The van der Waals surface area contributed by atoms with Crippen molar-refractivity contribution >= 4 is 27.5 Å². The van der Waals surface area contributed by atoms with Crippen molar-refractivity contribution in [3.8, 4) is 5.75 Å². The Balaban J connectivity index is 2.17. The molecule has 1 N–H and O–H groups in total. The van der Waals surface area contributed by atoms with E-state index in [0.717, 1.165) is 11.8 Å². The minimum absolute atomic E-state index is 0.0994. The van der Waals surface area contributed by atoms with Crippen LogP contribution in [-0.4, -0.2) is 56.6 Å². The van der Waals surface area contributed by atoms with Crippen molar-refractivity contribution in [3.63, 3.8) is 0 Å². The van der Waals surface area contributed by atoms with E-state index in [2.05, 4.69) is 5.32 Å². The number of methoxy groups -OCH3 is 1. The Hall–Kier alpha value is -3.07. The number of ether oxygens (including phenoxy) is 1. The second-order valence-electron chi connectivity index (χ2n) is 9.56. The minimum atomic E-state index is -3.51. The molecule has 0 radical (unpaired) electrons. The molecule has 0 aliphatic carbocycles. The largest absolute Gasteiger partial charge is 0.497 e. The van der Waals surface area contributed by atoms with Gasteiger partial charge in [0.2, 0.25) is 21.8 Å². The number of hydrogen-bond donors (Lipinski definition) is 1. The van der Waals surface area contributed by atoms with E-state index < -0.39 is 21.6 Å². The van der Waals surface area contributed by atoms with Gasteiger partial charge in [-0.15, -0.1) is 0 Å². The summed E-state index contributed by atoms with van der Waals surface area (Å²) in [5.74, 6) is 0.229. The number of carbonyl (C=O) groups excluding carboxylic acids is 2. The SMILES string of the molecule is COc1ccc(CN(C(=O)CCCN(c2ccccc2)S(C)(=O)=O)[C@@H](C)C(=O)NC(C)(C)C)cc1. The molecule has 2 aromatic rings. The molecule has 0 aliphatic rings. The van der Waals surface area contributed by atoms with Crippen molar-refractivity contribution in [2.24, 2.45) is 0 Å². The second kappa shape index (κ2) is 12.1. The van der Waals surface area contributed by atoms with Crippen LogP contribution in [0.5, 0.6) is 5.75 Å². The maximum atomic E-state index is 13.3. The van der Waals surface area contributed by atoms with Gasteiger partial charge in [0.15, 0.2) is 0 Å². The normalized spacial score (nSPS) is 12.5. The number of para-hydroxylation sites is 1. The molecular weight excluding hydrogens is 466 g/mol. The first kappa shape index (κ1) is 28.2. The average molecular weight is 504 g/mol. The lowest BCUT2D eigenvalue weighted by molar-refractivity contribution is -0.141. The van der Waals surface area contributed by atoms with Gasteiger partial charge in [0.25, 0.3) is 0 Å². The van der Waals surface area contributed by atoms with Gasteiger partial charge in [-0.3, -0.25) is 13.9 Å². The van der Waals surface area contributed by atoms with E-state index in [9.17, 15) is 18.0 Å². The Bertz CT molecular complexity index is 1080. The Morgan fingerprint density at radius 1 is 1.03 bits per heavy atom. The van der Waals surface area contributed by atoms with Crippen LogP contribution in [0.4, 0.5) is 5.69 Å². The smallest absolute Gasteiger partial charge is 0.242 e. The van der Waals surface area contributed by atoms with Gasteiger partial charge in [-0.25, -0.2) is 8.42 Å². The zero-order chi connectivity index (χ0) is 26.2. The van der Waals surface area contributed by atoms with Crippen molar-refractivity contribution < 1.29 is 22.7 Å². The van der Waals surface area contributed by atoms with Gasteiger partial charge in [-0.1, -0.05) is 30.3 Å². The minimum Gasteiger partial charge on any atom is -0.497 e. The van der Waals surface area contributed by atoms with Crippen molar-refractivity contribution in [2.75, 3.05) is 24.2 Å². The van der Waals surface area contributed by atoms with Crippen LogP contribution < -0.4 is 14.4 Å². The summed E-state index contributed by atoms with van der Waals surface area (Å²) in [7, 11) is -1.93. The number of carbonyl (C=O) groups is 2. The number of sulfonamides is 1. The predicted octanol–water partition coefficient (Wildman–Crippen LogP) is 3.57. The molecule has 1 atom stereocenters. The molecule has 0 saturated heterocycles. The number of rotatable bonds is 11. The van der Waals surface area contributed by atoms with Crippen molar-refractivity contribution in [2.45, 2.75) is 58.7 Å². The van der Waals surface area contributed by atoms with E-state index in [1.54, 1.807) is 38.3 Å². The average Bonchev–Trinajstić information content (AvgIpc) is 2.78. The topological polar surface area (TPSA) is 96.0 Å². The molecule has 0 bridgehead atoms. The zero-order valence-corrected chi connectivity index (χ0v) is 22.3. The van der Waals surface area contributed by atoms with Gasteiger partial charge < -0.3 is 15.0 Å². The third-order valence-electron chi connectivity index (χ3n) is 5.37. The fraction of sp³-hybridized carbons (Fsp3) is 0.462. The Morgan fingerprint density at radius 2 is 1.63 bits per heavy atom. The molecule has 35 heavy (non-hydrogen) atoms. The number of anilines is 1. The molecule has 192 valence electrons. The molecular formula is C26H37N3O5S. The highest BCUT2D eigenvalue weighted by Crippen LogP contribution is 2.19. The molecule has 0 heterocycles. The standard InChI is InChI=1S/C26H37N3O5S/c1-20(25(31)27-26(2,3)4)28(19-21-14-16-23(34-5)17-15-21)24(30)13-10-18-29(35(6,32)33)22-11-8-7-9-12-22/h7-9,11-12,14-17,20H,10,13,18-19H2,1-6H3,(H,27,31)/t20-/m0/s1. The molecule has 0 aliphatic heterocycles. The summed E-state index contributed by atoms with van der Waals surface area (Å²) in [4.78, 5) is 27.7. The Morgan fingerprint density at radius 3 is 2.14 bits per heavy atom. The molecule has 8 nitrogen and oxygen atoms in total. The van der Waals surface area contributed by atoms with Gasteiger partial charge in [0.05, 0.1) is 19.1 Å². The predicted molar refractivity (Wildman–Crippen MR) is 139 cm³/mol. The van der Waals surface area contributed by atoms with E-state index in [1.807, 2.05) is 51.1 Å². The lowest BCUT2D eigenvalue weighted by Gasteiger charge is -2.32. The van der Waals surface area contributed by atoms with Crippen LogP contribution in [0.25, 0.3) is 0 Å². The van der Waals surface area contributed by atoms with Gasteiger partial charge in [0, 0.05) is 25.0 Å². The number of hydrogen-bond acceptors (Lipinski definition) is 5. The highest BCUT2D eigenvalue weighted by Gasteiger charge is 2.28. The van der Waals surface area contributed by atoms with Crippen LogP contribution in [0, 0.1) is 0 Å². The second-order valence-corrected chi connectivity index (χ2v) is 11.5. The van der Waals surface area contributed by atoms with E-state index in [-0.39, 0.29) is 31.3 Å². The Kier molecular flexibility index (Phi) is 9.71. The number of nitrogens with one attached hydrogen (secondary N) is 1. The van der Waals surface area contributed by atoms with Crippen LogP contribution in [0.3, 0.4) is 0 Å². The molecule has 2 aromatic carbocycles. The summed E-state index contributed by atoms with van der Waals surface area (Å²) < 4.78 is 31.2. The van der Waals surface area contributed by atoms with Gasteiger partial charge in [0.1, 0.15) is 11.8 Å². The Labute approximate surface area is 209 Å². The summed E-state index contributed by atoms with van der Waals surface area (Å²) in [6.07, 6.45) is 1.56. The number of benzene rings is 2. The lowest BCUT2D eigenvalue weighted by atomic mass is 10.1. The lowest BCUT2D eigenvalue weighted by Crippen LogP contribution is -2.52. The summed E-state index contributed by atoms with van der Waals surface area (Å²) in [5.41, 5.74) is 0.971. The van der Waals surface area contributed by atoms with Crippen LogP contribution in [0.1, 0.15) is 46.1 Å². The van der Waals surface area contributed by atoms with E-state index in [4.69, 9.17) is 4.74 Å². The zero-order valence-electron chi connectivity index (χ0n) is 21.4. The molecule has 9 heteroatoms. The maximum absolute atomic E-state index is 13.3. The summed E-state index contributed by atoms with van der Waals surface area (Å²) in [6, 6.07) is 15.4. The maximum Gasteiger partial charge on any atom is 0.242 e. The first-order valence-corrected chi connectivity index (χ1v) is 13.4. The number of amides is 2. The van der Waals surface area contributed by atoms with Gasteiger partial charge >= 0.3 is 0 Å². The van der Waals surface area contributed by atoms with Crippen LogP contribution in [0.2, 0.25) is 0 Å². The summed E-state index contributed by atoms with van der Waals surface area (Å²) in [6.45, 7) is 7.77. The first-order valence-electron chi connectivity index (χ1n) is 11.6. The fourth-order valence-electron chi connectivity index (χ4n) is 3.58. The molecule has 0 aromatic heterocycles. The van der Waals surface area contributed by atoms with E-state index >= 15 is 0 Å². The highest BCUT2D eigenvalue weighted by molar-refractivity contribution is 7.92. The summed E-state index contributed by atoms with van der Waals surface area (Å²) >= 11 is 0. The van der Waals surface area contributed by atoms with E-state index in [0.29, 0.717) is 17.9 Å². The third-order valence-corrected chi connectivity index (χ3v) is 6.57. The fourth-order valence-corrected chi connectivity index (χ4v) is 4.55.